The monoisotopic (exact) mass is 733 g/mol. The van der Waals surface area contributed by atoms with Gasteiger partial charge in [-0.3, -0.25) is 9.40 Å². The minimum absolute atomic E-state index is 0.0909. The zero-order valence-electron chi connectivity index (χ0n) is 27.3. The van der Waals surface area contributed by atoms with E-state index in [0.29, 0.717) is 21.4 Å². The molecule has 49 heavy (non-hydrogen) atoms. The third-order valence-electron chi connectivity index (χ3n) is 8.48. The lowest BCUT2D eigenvalue weighted by Gasteiger charge is -2.36. The highest BCUT2D eigenvalue weighted by Gasteiger charge is 2.39. The van der Waals surface area contributed by atoms with Crippen molar-refractivity contribution < 1.29 is 13.6 Å². The van der Waals surface area contributed by atoms with Crippen LogP contribution in [0.1, 0.15) is 54.3 Å². The van der Waals surface area contributed by atoms with Gasteiger partial charge in [0.25, 0.3) is 10.0 Å². The largest absolute Gasteiger partial charge is 0.411 e. The average Bonchev–Trinajstić information content (AvgIpc) is 3.60. The van der Waals surface area contributed by atoms with Crippen LogP contribution in [0, 0.1) is 0 Å². The summed E-state index contributed by atoms with van der Waals surface area (Å²) >= 11 is 3.54. The Morgan fingerprint density at radius 1 is 0.776 bits per heavy atom. The molecule has 2 heterocycles. The Morgan fingerprint density at radius 2 is 1.31 bits per heavy atom. The molecule has 6 rings (SSSR count). The van der Waals surface area contributed by atoms with Gasteiger partial charge in [-0.2, -0.15) is 5.10 Å². The van der Waals surface area contributed by atoms with Crippen molar-refractivity contribution in [1.29, 1.82) is 0 Å². The van der Waals surface area contributed by atoms with Crippen molar-refractivity contribution in [2.75, 3.05) is 4.72 Å². The fraction of sp³-hybridized carbons (Fsp3) is 0.154. The predicted molar refractivity (Wildman–Crippen MR) is 197 cm³/mol. The minimum Gasteiger partial charge on any atom is -0.411 e. The van der Waals surface area contributed by atoms with Gasteiger partial charge in [-0.25, -0.2) is 13.4 Å². The van der Waals surface area contributed by atoms with Crippen molar-refractivity contribution in [2.45, 2.75) is 43.0 Å². The Morgan fingerprint density at radius 3 is 1.80 bits per heavy atom. The van der Waals surface area contributed by atoms with Crippen molar-refractivity contribution >= 4 is 37.5 Å². The number of aromatic nitrogens is 3. The summed E-state index contributed by atoms with van der Waals surface area (Å²) in [6.07, 6.45) is 3.62. The van der Waals surface area contributed by atoms with Gasteiger partial charge in [-0.1, -0.05) is 129 Å². The number of anilines is 1. The van der Waals surface area contributed by atoms with E-state index < -0.39 is 15.6 Å². The molecule has 0 atom stereocenters. The number of hydrogen-bond acceptors (Lipinski definition) is 6. The van der Waals surface area contributed by atoms with Gasteiger partial charge in [0.2, 0.25) is 0 Å². The van der Waals surface area contributed by atoms with Gasteiger partial charge < -0.3 is 5.21 Å². The van der Waals surface area contributed by atoms with Crippen molar-refractivity contribution in [1.82, 2.24) is 14.8 Å². The van der Waals surface area contributed by atoms with E-state index in [4.69, 9.17) is 5.10 Å². The van der Waals surface area contributed by atoms with E-state index in [1.54, 1.807) is 30.5 Å². The first-order valence-corrected chi connectivity index (χ1v) is 18.0. The highest BCUT2D eigenvalue weighted by Crippen LogP contribution is 2.40. The van der Waals surface area contributed by atoms with Crippen LogP contribution in [0.15, 0.2) is 154 Å². The molecule has 2 aromatic heterocycles. The average molecular weight is 735 g/mol. The number of rotatable bonds is 10. The molecule has 0 saturated carbocycles. The molecular weight excluding hydrogens is 698 g/mol. The SMILES string of the molecule is CC(C)(C)c1ccc(S(=O)(=O)Nc2ccc(Br)c(C/C(=N/O)c3cnn(C(c4ccccc4)(c4ccccc4)c4ccccc4)c3)n2)cc1. The van der Waals surface area contributed by atoms with E-state index in [-0.39, 0.29) is 22.5 Å². The van der Waals surface area contributed by atoms with Gasteiger partial charge in [0, 0.05) is 22.7 Å². The molecule has 0 spiro atoms. The van der Waals surface area contributed by atoms with E-state index in [1.807, 2.05) is 77.6 Å². The molecule has 0 aliphatic carbocycles. The first kappa shape index (κ1) is 33.8. The van der Waals surface area contributed by atoms with Crippen molar-refractivity contribution in [3.63, 3.8) is 0 Å². The minimum atomic E-state index is -3.90. The van der Waals surface area contributed by atoms with Gasteiger partial charge >= 0.3 is 0 Å². The Balaban J connectivity index is 1.34. The second-order valence-electron chi connectivity index (χ2n) is 12.7. The zero-order valence-corrected chi connectivity index (χ0v) is 29.7. The van der Waals surface area contributed by atoms with E-state index >= 15 is 0 Å². The van der Waals surface area contributed by atoms with Crippen molar-refractivity contribution in [3.05, 3.63) is 178 Å². The first-order valence-electron chi connectivity index (χ1n) is 15.7. The van der Waals surface area contributed by atoms with Crippen LogP contribution in [-0.2, 0) is 27.4 Å². The number of halogens is 1. The Bertz CT molecular complexity index is 2080. The quantitative estimate of drug-likeness (QED) is 0.0636. The number of sulfonamides is 1. The van der Waals surface area contributed by atoms with Crippen LogP contribution < -0.4 is 4.72 Å². The molecule has 6 aromatic rings. The number of nitrogens with one attached hydrogen (secondary N) is 1. The van der Waals surface area contributed by atoms with Gasteiger partial charge in [-0.05, 0) is 67.9 Å². The molecule has 0 unspecified atom stereocenters. The molecule has 0 amide bonds. The summed E-state index contributed by atoms with van der Waals surface area (Å²) < 4.78 is 31.7. The molecule has 0 bridgehead atoms. The van der Waals surface area contributed by atoms with E-state index in [0.717, 1.165) is 22.3 Å². The fourth-order valence-corrected chi connectivity index (χ4v) is 7.30. The summed E-state index contributed by atoms with van der Waals surface area (Å²) in [6.45, 7) is 6.22. The molecule has 8 nitrogen and oxygen atoms in total. The van der Waals surface area contributed by atoms with Crippen LogP contribution in [0.25, 0.3) is 0 Å². The standard InChI is InChI=1S/C39H36BrN5O3S/c1-38(2,3)29-19-21-33(22-20-29)49(47,48)44-37-24-23-34(40)36(42-37)25-35(43-46)28-26-41-45(27-28)39(30-13-7-4-8-14-30,31-15-9-5-10-16-31)32-17-11-6-12-18-32/h4-24,26-27,46H,25H2,1-3H3,(H,42,44)/b43-35-. The van der Waals surface area contributed by atoms with E-state index in [2.05, 4.69) is 88.0 Å². The van der Waals surface area contributed by atoms with Crippen LogP contribution >= 0.6 is 15.9 Å². The maximum absolute atomic E-state index is 13.3. The summed E-state index contributed by atoms with van der Waals surface area (Å²) in [5, 5.41) is 18.8. The number of hydrogen-bond donors (Lipinski definition) is 2. The number of oxime groups is 1. The maximum Gasteiger partial charge on any atom is 0.263 e. The third kappa shape index (κ3) is 6.93. The molecule has 0 saturated heterocycles. The lowest BCUT2D eigenvalue weighted by molar-refractivity contribution is 0.318. The second-order valence-corrected chi connectivity index (χ2v) is 15.2. The fourth-order valence-electron chi connectivity index (χ4n) is 5.94. The molecule has 0 radical (unpaired) electrons. The Hall–Kier alpha value is -5.06. The topological polar surface area (TPSA) is 109 Å². The summed E-state index contributed by atoms with van der Waals surface area (Å²) in [4.78, 5) is 4.73. The van der Waals surface area contributed by atoms with Gasteiger partial charge in [0.1, 0.15) is 11.4 Å². The lowest BCUT2D eigenvalue weighted by Crippen LogP contribution is -2.38. The molecule has 4 aromatic carbocycles. The van der Waals surface area contributed by atoms with E-state index in [9.17, 15) is 13.6 Å². The normalized spacial score (nSPS) is 12.5. The van der Waals surface area contributed by atoms with Crippen LogP contribution in [0.5, 0.6) is 0 Å². The molecule has 2 N–H and O–H groups in total. The third-order valence-corrected chi connectivity index (χ3v) is 10.6. The Kier molecular flexibility index (Phi) is 9.54. The lowest BCUT2D eigenvalue weighted by atomic mass is 9.77. The maximum atomic E-state index is 13.3. The number of benzene rings is 4. The van der Waals surface area contributed by atoms with Crippen LogP contribution in [0.3, 0.4) is 0 Å². The second kappa shape index (κ2) is 13.8. The van der Waals surface area contributed by atoms with Crippen LogP contribution in [-0.4, -0.2) is 34.1 Å². The number of nitrogens with zero attached hydrogens (tertiary/aromatic N) is 4. The summed E-state index contributed by atoms with van der Waals surface area (Å²) in [5.41, 5.74) is 4.45. The summed E-state index contributed by atoms with van der Waals surface area (Å²) in [6, 6.07) is 40.6. The Labute approximate surface area is 295 Å². The van der Waals surface area contributed by atoms with E-state index in [1.165, 1.54) is 0 Å². The van der Waals surface area contributed by atoms with Gasteiger partial charge in [0.15, 0.2) is 0 Å². The highest BCUT2D eigenvalue weighted by molar-refractivity contribution is 9.10. The zero-order chi connectivity index (χ0) is 34.6. The van der Waals surface area contributed by atoms with Crippen LogP contribution in [0.2, 0.25) is 0 Å². The summed E-state index contributed by atoms with van der Waals surface area (Å²) in [7, 11) is -3.90. The highest BCUT2D eigenvalue weighted by atomic mass is 79.9. The molecule has 0 aliphatic rings. The summed E-state index contributed by atoms with van der Waals surface area (Å²) in [5.74, 6) is 0.141. The van der Waals surface area contributed by atoms with Crippen molar-refractivity contribution in [2.24, 2.45) is 5.16 Å². The first-order chi connectivity index (χ1) is 23.5. The number of pyridine rings is 1. The van der Waals surface area contributed by atoms with Crippen LogP contribution in [0.4, 0.5) is 5.82 Å². The smallest absolute Gasteiger partial charge is 0.263 e. The van der Waals surface area contributed by atoms with Crippen molar-refractivity contribution in [3.8, 4) is 0 Å². The van der Waals surface area contributed by atoms with Gasteiger partial charge in [-0.15, -0.1) is 0 Å². The molecule has 10 heteroatoms. The predicted octanol–water partition coefficient (Wildman–Crippen LogP) is 8.40. The molecule has 0 aliphatic heterocycles. The molecule has 0 fully saturated rings. The molecule has 248 valence electrons. The van der Waals surface area contributed by atoms with Gasteiger partial charge in [0.05, 0.1) is 22.5 Å². The molecular formula is C39H36BrN5O3S.